The molecule has 0 aliphatic heterocycles. The first-order chi connectivity index (χ1) is 5.97. The minimum atomic E-state index is -3.36. The average molecular weight is 305 g/mol. The maximum absolute atomic E-state index is 11.4. The second kappa shape index (κ2) is 4.27. The van der Waals surface area contributed by atoms with Crippen molar-refractivity contribution in [2.45, 2.75) is 11.1 Å². The van der Waals surface area contributed by atoms with E-state index >= 15 is 0 Å². The van der Waals surface area contributed by atoms with Crippen LogP contribution in [0, 0.1) is 0 Å². The Hall–Kier alpha value is 0.380. The van der Waals surface area contributed by atoms with Gasteiger partial charge in [0.1, 0.15) is 4.21 Å². The van der Waals surface area contributed by atoms with Gasteiger partial charge in [0.2, 0.25) is 10.0 Å². The Bertz CT molecular complexity index is 381. The van der Waals surface area contributed by atoms with Crippen molar-refractivity contribution in [2.75, 3.05) is 6.54 Å². The van der Waals surface area contributed by atoms with Gasteiger partial charge in [0.15, 0.2) is 0 Å². The predicted octanol–water partition coefficient (Wildman–Crippen LogP) is 2.46. The molecule has 1 aromatic heterocycles. The van der Waals surface area contributed by atoms with E-state index < -0.39 is 10.0 Å². The molecular formula is C6H7BrClNO2S2. The molecular weight excluding hydrogens is 298 g/mol. The highest BCUT2D eigenvalue weighted by atomic mass is 79.9. The van der Waals surface area contributed by atoms with Crippen molar-refractivity contribution in [1.29, 1.82) is 0 Å². The number of rotatable bonds is 3. The minimum absolute atomic E-state index is 0.228. The van der Waals surface area contributed by atoms with E-state index in [9.17, 15) is 8.42 Å². The second-order valence-corrected chi connectivity index (χ2v) is 6.96. The maximum atomic E-state index is 11.4. The van der Waals surface area contributed by atoms with Crippen molar-refractivity contribution in [1.82, 2.24) is 4.72 Å². The molecule has 74 valence electrons. The van der Waals surface area contributed by atoms with Gasteiger partial charge in [-0.15, -0.1) is 11.3 Å². The molecule has 1 heterocycles. The number of sulfonamides is 1. The van der Waals surface area contributed by atoms with E-state index in [-0.39, 0.29) is 4.21 Å². The van der Waals surface area contributed by atoms with Crippen LogP contribution in [0.4, 0.5) is 0 Å². The van der Waals surface area contributed by atoms with E-state index in [2.05, 4.69) is 20.7 Å². The molecule has 0 radical (unpaired) electrons. The Morgan fingerprint density at radius 3 is 2.69 bits per heavy atom. The molecule has 1 aromatic rings. The summed E-state index contributed by atoms with van der Waals surface area (Å²) in [6.45, 7) is 2.09. The van der Waals surface area contributed by atoms with Gasteiger partial charge < -0.3 is 0 Å². The standard InChI is InChI=1S/C6H7BrClNO2S2/c1-2-9-13(10,11)5-3-4(8)6(7)12-5/h3,9H,2H2,1H3. The van der Waals surface area contributed by atoms with Crippen LogP contribution >= 0.6 is 38.9 Å². The molecule has 0 amide bonds. The summed E-state index contributed by atoms with van der Waals surface area (Å²) >= 11 is 9.96. The summed E-state index contributed by atoms with van der Waals surface area (Å²) in [4.78, 5) is 0. The third-order valence-electron chi connectivity index (χ3n) is 1.22. The minimum Gasteiger partial charge on any atom is -0.211 e. The van der Waals surface area contributed by atoms with Gasteiger partial charge in [-0.3, -0.25) is 0 Å². The van der Waals surface area contributed by atoms with Crippen LogP contribution in [0.2, 0.25) is 5.02 Å². The van der Waals surface area contributed by atoms with Crippen LogP contribution in [0.25, 0.3) is 0 Å². The lowest BCUT2D eigenvalue weighted by Gasteiger charge is -1.98. The van der Waals surface area contributed by atoms with Crippen molar-refractivity contribution in [2.24, 2.45) is 0 Å². The van der Waals surface area contributed by atoms with Gasteiger partial charge in [0.05, 0.1) is 8.81 Å². The molecule has 1 rings (SSSR count). The van der Waals surface area contributed by atoms with Crippen molar-refractivity contribution in [3.05, 3.63) is 14.9 Å². The van der Waals surface area contributed by atoms with Gasteiger partial charge in [0, 0.05) is 6.54 Å². The number of hydrogen-bond acceptors (Lipinski definition) is 3. The van der Waals surface area contributed by atoms with Crippen molar-refractivity contribution < 1.29 is 8.42 Å². The van der Waals surface area contributed by atoms with Gasteiger partial charge >= 0.3 is 0 Å². The van der Waals surface area contributed by atoms with Crippen LogP contribution < -0.4 is 4.72 Å². The van der Waals surface area contributed by atoms with Crippen molar-refractivity contribution in [3.63, 3.8) is 0 Å². The molecule has 0 bridgehead atoms. The number of thiophene rings is 1. The highest BCUT2D eigenvalue weighted by Gasteiger charge is 2.17. The Labute approximate surface area is 94.3 Å². The zero-order chi connectivity index (χ0) is 10.1. The van der Waals surface area contributed by atoms with Crippen LogP contribution in [0.5, 0.6) is 0 Å². The number of nitrogens with one attached hydrogen (secondary N) is 1. The monoisotopic (exact) mass is 303 g/mol. The lowest BCUT2D eigenvalue weighted by molar-refractivity contribution is 0.586. The lowest BCUT2D eigenvalue weighted by Crippen LogP contribution is -2.22. The number of halogens is 2. The molecule has 0 aromatic carbocycles. The van der Waals surface area contributed by atoms with E-state index in [0.29, 0.717) is 15.4 Å². The Balaban J connectivity index is 3.08. The van der Waals surface area contributed by atoms with Crippen LogP contribution in [0.15, 0.2) is 14.1 Å². The van der Waals surface area contributed by atoms with Gasteiger partial charge in [-0.05, 0) is 22.0 Å². The second-order valence-electron chi connectivity index (χ2n) is 2.19. The van der Waals surface area contributed by atoms with Gasteiger partial charge in [-0.1, -0.05) is 18.5 Å². The maximum Gasteiger partial charge on any atom is 0.250 e. The summed E-state index contributed by atoms with van der Waals surface area (Å²) in [6.07, 6.45) is 0. The average Bonchev–Trinajstić information content (AvgIpc) is 2.33. The van der Waals surface area contributed by atoms with Crippen LogP contribution in [-0.4, -0.2) is 15.0 Å². The zero-order valence-corrected chi connectivity index (χ0v) is 10.6. The van der Waals surface area contributed by atoms with Crippen molar-refractivity contribution >= 4 is 48.9 Å². The smallest absolute Gasteiger partial charge is 0.211 e. The molecule has 7 heteroatoms. The molecule has 0 spiro atoms. The summed E-state index contributed by atoms with van der Waals surface area (Å²) in [7, 11) is -3.36. The normalized spacial score (nSPS) is 11.9. The largest absolute Gasteiger partial charge is 0.250 e. The fourth-order valence-electron chi connectivity index (χ4n) is 0.720. The van der Waals surface area contributed by atoms with E-state index in [1.807, 2.05) is 0 Å². The quantitative estimate of drug-likeness (QED) is 0.932. The Morgan fingerprint density at radius 1 is 1.69 bits per heavy atom. The topological polar surface area (TPSA) is 46.2 Å². The van der Waals surface area contributed by atoms with Gasteiger partial charge in [-0.2, -0.15) is 0 Å². The van der Waals surface area contributed by atoms with E-state index in [4.69, 9.17) is 11.6 Å². The Kier molecular flexibility index (Phi) is 3.76. The fourth-order valence-corrected chi connectivity index (χ4v) is 4.20. The molecule has 13 heavy (non-hydrogen) atoms. The first-order valence-corrected chi connectivity index (χ1v) is 6.89. The van der Waals surface area contributed by atoms with Crippen LogP contribution in [0.3, 0.4) is 0 Å². The molecule has 0 saturated heterocycles. The highest BCUT2D eigenvalue weighted by molar-refractivity contribution is 9.11. The highest BCUT2D eigenvalue weighted by Crippen LogP contribution is 2.34. The summed E-state index contributed by atoms with van der Waals surface area (Å²) in [5, 5.41) is 0.418. The Morgan fingerprint density at radius 2 is 2.31 bits per heavy atom. The summed E-state index contributed by atoms with van der Waals surface area (Å²) in [5.41, 5.74) is 0. The van der Waals surface area contributed by atoms with Crippen molar-refractivity contribution in [3.8, 4) is 0 Å². The first kappa shape index (κ1) is 11.5. The molecule has 0 aliphatic carbocycles. The van der Waals surface area contributed by atoms with Gasteiger partial charge in [-0.25, -0.2) is 13.1 Å². The summed E-state index contributed by atoms with van der Waals surface area (Å²) in [5.74, 6) is 0. The fraction of sp³-hybridized carbons (Fsp3) is 0.333. The summed E-state index contributed by atoms with van der Waals surface area (Å²) in [6, 6.07) is 1.42. The number of hydrogen-bond donors (Lipinski definition) is 1. The zero-order valence-electron chi connectivity index (χ0n) is 6.67. The van der Waals surface area contributed by atoms with Crippen LogP contribution in [0.1, 0.15) is 6.92 Å². The molecule has 0 aliphatic rings. The lowest BCUT2D eigenvalue weighted by atomic mass is 10.7. The molecule has 3 nitrogen and oxygen atoms in total. The van der Waals surface area contributed by atoms with E-state index in [0.717, 1.165) is 11.3 Å². The van der Waals surface area contributed by atoms with Crippen LogP contribution in [-0.2, 0) is 10.0 Å². The van der Waals surface area contributed by atoms with E-state index in [1.54, 1.807) is 6.92 Å². The molecule has 0 fully saturated rings. The summed E-state index contributed by atoms with van der Waals surface area (Å²) < 4.78 is 26.1. The predicted molar refractivity (Wildman–Crippen MR) is 57.9 cm³/mol. The SMILES string of the molecule is CCNS(=O)(=O)c1cc(Cl)c(Br)s1. The molecule has 1 N–H and O–H groups in total. The first-order valence-electron chi connectivity index (χ1n) is 3.42. The molecule has 0 unspecified atom stereocenters. The molecule has 0 saturated carbocycles. The third kappa shape index (κ3) is 2.66. The van der Waals surface area contributed by atoms with Gasteiger partial charge in [0.25, 0.3) is 0 Å². The van der Waals surface area contributed by atoms with E-state index in [1.165, 1.54) is 6.07 Å². The molecule has 0 atom stereocenters. The third-order valence-corrected chi connectivity index (χ3v) is 5.72.